The van der Waals surface area contributed by atoms with Crippen molar-refractivity contribution < 1.29 is 26.7 Å². The quantitative estimate of drug-likeness (QED) is 0.546. The van der Waals surface area contributed by atoms with E-state index in [-0.39, 0.29) is 24.6 Å². The Labute approximate surface area is 123 Å². The van der Waals surface area contributed by atoms with Gasteiger partial charge in [-0.05, 0) is 38.0 Å². The molecular formula is C14H18F2O4S. The highest BCUT2D eigenvalue weighted by atomic mass is 32.2. The lowest BCUT2D eigenvalue weighted by Gasteiger charge is -2.06. The summed E-state index contributed by atoms with van der Waals surface area (Å²) in [6, 6.07) is 2.35. The largest absolute Gasteiger partial charge is 0.466 e. The first kappa shape index (κ1) is 17.6. The summed E-state index contributed by atoms with van der Waals surface area (Å²) >= 11 is 0. The molecule has 0 aromatic heterocycles. The Hall–Kier alpha value is -1.50. The molecule has 1 aromatic carbocycles. The van der Waals surface area contributed by atoms with E-state index in [1.54, 1.807) is 6.92 Å². The number of esters is 1. The normalized spacial score (nSPS) is 11.4. The Kier molecular flexibility index (Phi) is 6.74. The van der Waals surface area contributed by atoms with Gasteiger partial charge in [-0.2, -0.15) is 0 Å². The fourth-order valence-electron chi connectivity index (χ4n) is 1.80. The second kappa shape index (κ2) is 8.07. The molecule has 0 N–H and O–H groups in total. The predicted octanol–water partition coefficient (Wildman–Crippen LogP) is 2.86. The molecule has 0 aliphatic rings. The van der Waals surface area contributed by atoms with E-state index in [1.807, 2.05) is 0 Å². The molecule has 0 aliphatic heterocycles. The Balaban J connectivity index is 2.47. The van der Waals surface area contributed by atoms with Gasteiger partial charge < -0.3 is 4.74 Å². The summed E-state index contributed by atoms with van der Waals surface area (Å²) in [6.07, 6.45) is 1.49. The Bertz CT molecular complexity index is 585. The van der Waals surface area contributed by atoms with Crippen LogP contribution in [0.25, 0.3) is 0 Å². The van der Waals surface area contributed by atoms with Crippen LogP contribution in [0.3, 0.4) is 0 Å². The van der Waals surface area contributed by atoms with Gasteiger partial charge in [-0.25, -0.2) is 17.2 Å². The number of rotatable bonds is 8. The second-order valence-corrected chi connectivity index (χ2v) is 6.59. The number of unbranched alkanes of at least 4 members (excludes halogenated alkanes) is 2. The first-order valence-electron chi connectivity index (χ1n) is 6.70. The highest BCUT2D eigenvalue weighted by molar-refractivity contribution is 7.91. The maximum atomic E-state index is 13.4. The number of benzene rings is 1. The number of hydrogen-bond acceptors (Lipinski definition) is 4. The molecule has 0 spiro atoms. The molecule has 0 fully saturated rings. The molecule has 0 saturated heterocycles. The van der Waals surface area contributed by atoms with Crippen molar-refractivity contribution in [2.75, 3.05) is 12.4 Å². The van der Waals surface area contributed by atoms with Crippen molar-refractivity contribution in [3.63, 3.8) is 0 Å². The molecule has 0 saturated carbocycles. The first-order chi connectivity index (χ1) is 9.86. The number of ether oxygens (including phenoxy) is 1. The Morgan fingerprint density at radius 1 is 1.19 bits per heavy atom. The molecule has 1 aromatic rings. The van der Waals surface area contributed by atoms with Gasteiger partial charge in [0.2, 0.25) is 0 Å². The number of halogens is 2. The summed E-state index contributed by atoms with van der Waals surface area (Å²) in [6.45, 7) is 2.02. The summed E-state index contributed by atoms with van der Waals surface area (Å²) in [5.41, 5.74) is 0. The van der Waals surface area contributed by atoms with Crippen LogP contribution in [0.4, 0.5) is 8.78 Å². The lowest BCUT2D eigenvalue weighted by atomic mass is 10.2. The van der Waals surface area contributed by atoms with Crippen LogP contribution in [0.2, 0.25) is 0 Å². The summed E-state index contributed by atoms with van der Waals surface area (Å²) in [4.78, 5) is 10.5. The van der Waals surface area contributed by atoms with Gasteiger partial charge in [-0.15, -0.1) is 0 Å². The van der Waals surface area contributed by atoms with Gasteiger partial charge in [-0.3, -0.25) is 4.79 Å². The Morgan fingerprint density at radius 3 is 2.57 bits per heavy atom. The molecule has 0 atom stereocenters. The highest BCUT2D eigenvalue weighted by Gasteiger charge is 2.19. The van der Waals surface area contributed by atoms with Crippen molar-refractivity contribution in [3.8, 4) is 0 Å². The number of carbonyl (C=O) groups excluding carboxylic acids is 1. The van der Waals surface area contributed by atoms with E-state index in [1.165, 1.54) is 0 Å². The maximum Gasteiger partial charge on any atom is 0.305 e. The summed E-state index contributed by atoms with van der Waals surface area (Å²) in [7, 11) is -3.86. The van der Waals surface area contributed by atoms with Gasteiger partial charge in [0.15, 0.2) is 9.84 Å². The van der Waals surface area contributed by atoms with E-state index in [0.717, 1.165) is 12.1 Å². The van der Waals surface area contributed by atoms with Crippen LogP contribution < -0.4 is 0 Å². The Morgan fingerprint density at radius 2 is 1.90 bits per heavy atom. The summed E-state index contributed by atoms with van der Waals surface area (Å²) in [5.74, 6) is -2.35. The molecule has 0 bridgehead atoms. The van der Waals surface area contributed by atoms with Crippen LogP contribution in [0.15, 0.2) is 23.1 Å². The molecule has 7 heteroatoms. The van der Waals surface area contributed by atoms with Gasteiger partial charge in [-0.1, -0.05) is 6.42 Å². The van der Waals surface area contributed by atoms with Gasteiger partial charge in [0.1, 0.15) is 16.5 Å². The molecule has 0 radical (unpaired) electrons. The van der Waals surface area contributed by atoms with Crippen molar-refractivity contribution in [3.05, 3.63) is 29.8 Å². The van der Waals surface area contributed by atoms with Crippen LogP contribution in [0, 0.1) is 11.6 Å². The van der Waals surface area contributed by atoms with E-state index in [4.69, 9.17) is 4.74 Å². The first-order valence-corrected chi connectivity index (χ1v) is 8.35. The van der Waals surface area contributed by atoms with Crippen LogP contribution in [-0.2, 0) is 19.4 Å². The smallest absolute Gasteiger partial charge is 0.305 e. The summed E-state index contributed by atoms with van der Waals surface area (Å²) in [5, 5.41) is 0. The lowest BCUT2D eigenvalue weighted by Crippen LogP contribution is -2.10. The van der Waals surface area contributed by atoms with Gasteiger partial charge in [0.25, 0.3) is 0 Å². The zero-order valence-corrected chi connectivity index (χ0v) is 12.6. The van der Waals surface area contributed by atoms with Crippen LogP contribution >= 0.6 is 0 Å². The second-order valence-electron chi connectivity index (χ2n) is 4.51. The molecule has 1 rings (SSSR count). The van der Waals surface area contributed by atoms with Crippen molar-refractivity contribution in [1.29, 1.82) is 0 Å². The zero-order valence-electron chi connectivity index (χ0n) is 11.8. The molecule has 118 valence electrons. The van der Waals surface area contributed by atoms with E-state index in [9.17, 15) is 22.0 Å². The lowest BCUT2D eigenvalue weighted by molar-refractivity contribution is -0.143. The fourth-order valence-corrected chi connectivity index (χ4v) is 3.26. The standard InChI is InChI=1S/C14H18F2O4S/c1-2-20-14(17)6-4-3-5-9-21(18,19)13-10-11(15)7-8-12(13)16/h7-8,10H,2-6,9H2,1H3. The minimum Gasteiger partial charge on any atom is -0.466 e. The maximum absolute atomic E-state index is 13.4. The molecule has 0 unspecified atom stereocenters. The SMILES string of the molecule is CCOC(=O)CCCCCS(=O)(=O)c1cc(F)ccc1F. The minimum atomic E-state index is -3.86. The molecule has 0 amide bonds. The van der Waals surface area contributed by atoms with E-state index in [0.29, 0.717) is 25.5 Å². The van der Waals surface area contributed by atoms with E-state index in [2.05, 4.69) is 0 Å². The average Bonchev–Trinajstić information content (AvgIpc) is 2.41. The van der Waals surface area contributed by atoms with Crippen LogP contribution in [0.5, 0.6) is 0 Å². The third-order valence-corrected chi connectivity index (χ3v) is 4.64. The van der Waals surface area contributed by atoms with Crippen molar-refractivity contribution in [2.24, 2.45) is 0 Å². The van der Waals surface area contributed by atoms with Gasteiger partial charge >= 0.3 is 5.97 Å². The van der Waals surface area contributed by atoms with Crippen LogP contribution in [0.1, 0.15) is 32.6 Å². The third kappa shape index (κ3) is 5.79. The summed E-state index contributed by atoms with van der Waals surface area (Å²) < 4.78 is 55.0. The molecular weight excluding hydrogens is 302 g/mol. The zero-order chi connectivity index (χ0) is 15.9. The molecule has 0 aliphatic carbocycles. The van der Waals surface area contributed by atoms with Crippen molar-refractivity contribution in [2.45, 2.75) is 37.5 Å². The monoisotopic (exact) mass is 320 g/mol. The molecule has 21 heavy (non-hydrogen) atoms. The fraction of sp³-hybridized carbons (Fsp3) is 0.500. The van der Waals surface area contributed by atoms with Crippen molar-refractivity contribution >= 4 is 15.8 Å². The number of carbonyl (C=O) groups is 1. The van der Waals surface area contributed by atoms with Crippen LogP contribution in [-0.4, -0.2) is 26.7 Å². The van der Waals surface area contributed by atoms with E-state index < -0.39 is 26.4 Å². The third-order valence-electron chi connectivity index (χ3n) is 2.83. The predicted molar refractivity (Wildman–Crippen MR) is 73.5 cm³/mol. The molecule has 4 nitrogen and oxygen atoms in total. The number of sulfone groups is 1. The van der Waals surface area contributed by atoms with E-state index >= 15 is 0 Å². The minimum absolute atomic E-state index is 0.224. The van der Waals surface area contributed by atoms with Crippen molar-refractivity contribution in [1.82, 2.24) is 0 Å². The average molecular weight is 320 g/mol. The number of hydrogen-bond donors (Lipinski definition) is 0. The van der Waals surface area contributed by atoms with Gasteiger partial charge in [0, 0.05) is 6.42 Å². The highest BCUT2D eigenvalue weighted by Crippen LogP contribution is 2.18. The van der Waals surface area contributed by atoms with Gasteiger partial charge in [0.05, 0.1) is 12.4 Å². The topological polar surface area (TPSA) is 60.4 Å². The molecule has 0 heterocycles.